The van der Waals surface area contributed by atoms with Gasteiger partial charge in [-0.1, -0.05) is 32.0 Å². The predicted molar refractivity (Wildman–Crippen MR) is 76.6 cm³/mol. The molecule has 19 heavy (non-hydrogen) atoms. The minimum atomic E-state index is -0.828. The molecule has 0 fully saturated rings. The maximum atomic E-state index is 10.9. The van der Waals surface area contributed by atoms with E-state index in [1.54, 1.807) is 0 Å². The van der Waals surface area contributed by atoms with Gasteiger partial charge in [-0.2, -0.15) is 0 Å². The molecule has 0 radical (unpaired) electrons. The highest BCUT2D eigenvalue weighted by Gasteiger charge is 2.10. The van der Waals surface area contributed by atoms with E-state index in [2.05, 4.69) is 13.8 Å². The van der Waals surface area contributed by atoms with E-state index in [-0.39, 0.29) is 6.54 Å². The van der Waals surface area contributed by atoms with E-state index >= 15 is 0 Å². The number of hydrogen-bond acceptors (Lipinski definition) is 3. The van der Waals surface area contributed by atoms with Crippen LogP contribution < -0.4 is 4.90 Å². The van der Waals surface area contributed by atoms with Crippen LogP contribution in [0.3, 0.4) is 0 Å². The zero-order valence-corrected chi connectivity index (χ0v) is 11.7. The molecule has 0 aliphatic rings. The van der Waals surface area contributed by atoms with Crippen molar-refractivity contribution in [2.24, 2.45) is 5.92 Å². The summed E-state index contributed by atoms with van der Waals surface area (Å²) >= 11 is 0. The molecule has 0 atom stereocenters. The number of nitrogens with zero attached hydrogens (tertiary/aromatic N) is 1. The third-order valence-electron chi connectivity index (χ3n) is 2.79. The molecule has 0 aromatic heterocycles. The smallest absolute Gasteiger partial charge is 0.323 e. The van der Waals surface area contributed by atoms with Gasteiger partial charge in [-0.15, -0.1) is 0 Å². The molecule has 0 unspecified atom stereocenters. The second kappa shape index (κ2) is 8.53. The average molecular weight is 265 g/mol. The molecular formula is C15H23NO3. The van der Waals surface area contributed by atoms with Gasteiger partial charge in [0.05, 0.1) is 6.61 Å². The highest BCUT2D eigenvalue weighted by Crippen LogP contribution is 2.12. The molecule has 0 amide bonds. The number of anilines is 1. The summed E-state index contributed by atoms with van der Waals surface area (Å²) in [5.41, 5.74) is 0.914. The first-order valence-corrected chi connectivity index (χ1v) is 6.69. The normalized spacial score (nSPS) is 10.7. The van der Waals surface area contributed by atoms with Crippen LogP contribution in [0.1, 0.15) is 20.3 Å². The maximum absolute atomic E-state index is 10.9. The lowest BCUT2D eigenvalue weighted by Crippen LogP contribution is -2.32. The molecule has 0 saturated carbocycles. The van der Waals surface area contributed by atoms with Crippen molar-refractivity contribution in [1.29, 1.82) is 0 Å². The Morgan fingerprint density at radius 1 is 1.26 bits per heavy atom. The summed E-state index contributed by atoms with van der Waals surface area (Å²) in [6.45, 7) is 6.18. The largest absolute Gasteiger partial charge is 0.480 e. The fourth-order valence-electron chi connectivity index (χ4n) is 1.70. The number of ether oxygens (including phenoxy) is 1. The Hall–Kier alpha value is -1.55. The Balaban J connectivity index is 2.41. The van der Waals surface area contributed by atoms with Crippen LogP contribution in [0.25, 0.3) is 0 Å². The molecule has 0 heterocycles. The lowest BCUT2D eigenvalue weighted by Gasteiger charge is -2.22. The number of para-hydroxylation sites is 1. The molecular weight excluding hydrogens is 242 g/mol. The number of rotatable bonds is 9. The molecule has 0 saturated heterocycles. The minimum Gasteiger partial charge on any atom is -0.480 e. The van der Waals surface area contributed by atoms with Crippen molar-refractivity contribution in [3.8, 4) is 0 Å². The summed E-state index contributed by atoms with van der Waals surface area (Å²) in [5, 5.41) is 8.94. The van der Waals surface area contributed by atoms with Crippen molar-refractivity contribution < 1.29 is 14.6 Å². The zero-order valence-electron chi connectivity index (χ0n) is 11.7. The van der Waals surface area contributed by atoms with Crippen LogP contribution in [0.2, 0.25) is 0 Å². The fourth-order valence-corrected chi connectivity index (χ4v) is 1.70. The quantitative estimate of drug-likeness (QED) is 0.697. The van der Waals surface area contributed by atoms with E-state index in [1.165, 1.54) is 0 Å². The Labute approximate surface area is 115 Å². The Kier molecular flexibility index (Phi) is 6.97. The molecule has 1 aromatic carbocycles. The van der Waals surface area contributed by atoms with E-state index in [0.29, 0.717) is 19.1 Å². The van der Waals surface area contributed by atoms with E-state index in [4.69, 9.17) is 9.84 Å². The number of aliphatic carboxylic acids is 1. The fraction of sp³-hybridized carbons (Fsp3) is 0.533. The summed E-state index contributed by atoms with van der Waals surface area (Å²) in [4.78, 5) is 12.7. The highest BCUT2D eigenvalue weighted by molar-refractivity contribution is 5.73. The van der Waals surface area contributed by atoms with E-state index in [1.807, 2.05) is 35.2 Å². The van der Waals surface area contributed by atoms with Crippen LogP contribution in [0.4, 0.5) is 5.69 Å². The van der Waals surface area contributed by atoms with Gasteiger partial charge >= 0.3 is 5.97 Å². The van der Waals surface area contributed by atoms with Crippen molar-refractivity contribution >= 4 is 11.7 Å². The molecule has 0 aliphatic heterocycles. The van der Waals surface area contributed by atoms with Crippen LogP contribution in [0.15, 0.2) is 30.3 Å². The Bertz CT molecular complexity index is 365. The van der Waals surface area contributed by atoms with Gasteiger partial charge in [-0.3, -0.25) is 4.79 Å². The monoisotopic (exact) mass is 265 g/mol. The van der Waals surface area contributed by atoms with Crippen LogP contribution in [-0.4, -0.2) is 37.4 Å². The Morgan fingerprint density at radius 3 is 2.53 bits per heavy atom. The van der Waals surface area contributed by atoms with Gasteiger partial charge in [0.2, 0.25) is 0 Å². The van der Waals surface area contributed by atoms with E-state index in [0.717, 1.165) is 18.7 Å². The summed E-state index contributed by atoms with van der Waals surface area (Å²) < 4.78 is 5.54. The van der Waals surface area contributed by atoms with E-state index < -0.39 is 5.97 Å². The molecule has 4 nitrogen and oxygen atoms in total. The third-order valence-corrected chi connectivity index (χ3v) is 2.79. The molecule has 0 spiro atoms. The first-order chi connectivity index (χ1) is 9.09. The molecule has 1 N–H and O–H groups in total. The van der Waals surface area contributed by atoms with Crippen molar-refractivity contribution in [3.63, 3.8) is 0 Å². The number of carbonyl (C=O) groups is 1. The SMILES string of the molecule is CC(C)CCOCCN(CC(=O)O)c1ccccc1. The summed E-state index contributed by atoms with van der Waals surface area (Å²) in [6.07, 6.45) is 1.03. The van der Waals surface area contributed by atoms with Crippen molar-refractivity contribution in [3.05, 3.63) is 30.3 Å². The summed E-state index contributed by atoms with van der Waals surface area (Å²) in [6, 6.07) is 9.56. The maximum Gasteiger partial charge on any atom is 0.323 e. The second-order valence-corrected chi connectivity index (χ2v) is 4.95. The minimum absolute atomic E-state index is 0.00243. The van der Waals surface area contributed by atoms with Crippen LogP contribution in [-0.2, 0) is 9.53 Å². The van der Waals surface area contributed by atoms with Crippen LogP contribution >= 0.6 is 0 Å². The number of carboxylic acids is 1. The first-order valence-electron chi connectivity index (χ1n) is 6.69. The molecule has 106 valence electrons. The first kappa shape index (κ1) is 15.5. The Morgan fingerprint density at radius 2 is 1.95 bits per heavy atom. The molecule has 4 heteroatoms. The molecule has 1 aromatic rings. The van der Waals surface area contributed by atoms with Gasteiger partial charge in [0.1, 0.15) is 6.54 Å². The second-order valence-electron chi connectivity index (χ2n) is 4.95. The summed E-state index contributed by atoms with van der Waals surface area (Å²) in [7, 11) is 0. The number of hydrogen-bond donors (Lipinski definition) is 1. The van der Waals surface area contributed by atoms with Gasteiger partial charge in [-0.05, 0) is 24.5 Å². The standard InChI is InChI=1S/C15H23NO3/c1-13(2)8-10-19-11-9-16(12-15(17)18)14-6-4-3-5-7-14/h3-7,13H,8-12H2,1-2H3,(H,17,18). The van der Waals surface area contributed by atoms with Crippen molar-refractivity contribution in [2.75, 3.05) is 31.2 Å². The predicted octanol–water partition coefficient (Wildman–Crippen LogP) is 2.64. The topological polar surface area (TPSA) is 49.8 Å². The van der Waals surface area contributed by atoms with Crippen molar-refractivity contribution in [1.82, 2.24) is 0 Å². The van der Waals surface area contributed by atoms with Crippen LogP contribution in [0.5, 0.6) is 0 Å². The lowest BCUT2D eigenvalue weighted by molar-refractivity contribution is -0.135. The molecule has 1 rings (SSSR count). The van der Waals surface area contributed by atoms with Crippen molar-refractivity contribution in [2.45, 2.75) is 20.3 Å². The van der Waals surface area contributed by atoms with Gasteiger partial charge in [0.15, 0.2) is 0 Å². The average Bonchev–Trinajstić information content (AvgIpc) is 2.37. The number of benzene rings is 1. The lowest BCUT2D eigenvalue weighted by atomic mass is 10.1. The van der Waals surface area contributed by atoms with Crippen LogP contribution in [0, 0.1) is 5.92 Å². The molecule has 0 bridgehead atoms. The van der Waals surface area contributed by atoms with Gasteiger partial charge in [0.25, 0.3) is 0 Å². The van der Waals surface area contributed by atoms with Gasteiger partial charge in [0, 0.05) is 18.8 Å². The molecule has 0 aliphatic carbocycles. The van der Waals surface area contributed by atoms with Gasteiger partial charge in [-0.25, -0.2) is 0 Å². The van der Waals surface area contributed by atoms with Gasteiger partial charge < -0.3 is 14.7 Å². The third kappa shape index (κ3) is 6.82. The number of carboxylic acid groups (broad SMARTS) is 1. The highest BCUT2D eigenvalue weighted by atomic mass is 16.5. The van der Waals surface area contributed by atoms with E-state index in [9.17, 15) is 4.79 Å². The summed E-state index contributed by atoms with van der Waals surface area (Å²) in [5.74, 6) is -0.199. The zero-order chi connectivity index (χ0) is 14.1.